The fraction of sp³-hybridized carbons (Fsp3) is 0.174. The van der Waals surface area contributed by atoms with E-state index in [9.17, 15) is 14.0 Å². The van der Waals surface area contributed by atoms with Gasteiger partial charge in [-0.2, -0.15) is 5.10 Å². The molecule has 0 atom stereocenters. The highest BCUT2D eigenvalue weighted by Gasteiger charge is 2.28. The van der Waals surface area contributed by atoms with E-state index in [0.717, 1.165) is 6.42 Å². The summed E-state index contributed by atoms with van der Waals surface area (Å²) in [4.78, 5) is 25.1. The zero-order valence-corrected chi connectivity index (χ0v) is 17.4. The normalized spacial score (nSPS) is 14.2. The Morgan fingerprint density at radius 2 is 1.81 bits per heavy atom. The van der Waals surface area contributed by atoms with Crippen LogP contribution < -0.4 is 10.7 Å². The molecule has 1 aliphatic carbocycles. The van der Waals surface area contributed by atoms with Crippen molar-refractivity contribution < 1.29 is 18.4 Å². The number of aryl methyl sites for hydroxylation is 1. The summed E-state index contributed by atoms with van der Waals surface area (Å²) in [6.45, 7) is 1.77. The predicted molar refractivity (Wildman–Crippen MR) is 116 cm³/mol. The number of rotatable bonds is 4. The predicted octanol–water partition coefficient (Wildman–Crippen LogP) is 5.10. The summed E-state index contributed by atoms with van der Waals surface area (Å²) in [7, 11) is 0. The van der Waals surface area contributed by atoms with E-state index < -0.39 is 17.6 Å². The molecule has 0 saturated heterocycles. The van der Waals surface area contributed by atoms with E-state index in [4.69, 9.17) is 16.0 Å². The number of halogens is 2. The van der Waals surface area contributed by atoms with Gasteiger partial charge in [0.15, 0.2) is 5.76 Å². The van der Waals surface area contributed by atoms with Crippen LogP contribution in [0, 0.1) is 12.7 Å². The van der Waals surface area contributed by atoms with Crippen molar-refractivity contribution in [2.45, 2.75) is 26.2 Å². The minimum atomic E-state index is -0.643. The Morgan fingerprint density at radius 3 is 2.58 bits per heavy atom. The lowest BCUT2D eigenvalue weighted by atomic mass is 9.93. The molecule has 2 aromatic carbocycles. The number of amides is 2. The third kappa shape index (κ3) is 4.22. The Kier molecular flexibility index (Phi) is 5.86. The van der Waals surface area contributed by atoms with Crippen LogP contribution in [0.15, 0.2) is 58.0 Å². The molecule has 1 heterocycles. The van der Waals surface area contributed by atoms with Crippen molar-refractivity contribution in [2.24, 2.45) is 5.10 Å². The van der Waals surface area contributed by atoms with Crippen LogP contribution >= 0.6 is 11.6 Å². The summed E-state index contributed by atoms with van der Waals surface area (Å²) >= 11 is 6.12. The summed E-state index contributed by atoms with van der Waals surface area (Å²) in [6.07, 6.45) is 1.99. The zero-order valence-electron chi connectivity index (χ0n) is 16.7. The molecule has 0 radical (unpaired) electrons. The Bertz CT molecular complexity index is 1200. The summed E-state index contributed by atoms with van der Waals surface area (Å²) < 4.78 is 19.7. The molecule has 1 aromatic heterocycles. The van der Waals surface area contributed by atoms with Gasteiger partial charge in [-0.3, -0.25) is 9.59 Å². The van der Waals surface area contributed by atoms with Crippen molar-refractivity contribution in [3.05, 3.63) is 87.6 Å². The van der Waals surface area contributed by atoms with Gasteiger partial charge in [0.05, 0.1) is 22.0 Å². The molecule has 2 N–H and O–H groups in total. The first-order chi connectivity index (χ1) is 15.0. The largest absolute Gasteiger partial charge is 0.455 e. The summed E-state index contributed by atoms with van der Waals surface area (Å²) in [5.41, 5.74) is 4.71. The molecule has 0 spiro atoms. The molecule has 0 aliphatic heterocycles. The first-order valence-corrected chi connectivity index (χ1v) is 10.1. The molecule has 0 bridgehead atoms. The monoisotopic (exact) mass is 439 g/mol. The fourth-order valence-corrected chi connectivity index (χ4v) is 3.75. The van der Waals surface area contributed by atoms with Crippen LogP contribution in [0.3, 0.4) is 0 Å². The van der Waals surface area contributed by atoms with E-state index >= 15 is 0 Å². The topological polar surface area (TPSA) is 83.7 Å². The van der Waals surface area contributed by atoms with E-state index in [1.54, 1.807) is 37.3 Å². The SMILES string of the molecule is Cc1c(C(=O)Nc2ccccc2Cl)oc2c1/C(=N/NC(=O)c1ccccc1F)CCC2. The summed E-state index contributed by atoms with van der Waals surface area (Å²) in [5.74, 6) is -0.889. The zero-order chi connectivity index (χ0) is 22.0. The van der Waals surface area contributed by atoms with Crippen LogP contribution in [0.1, 0.15) is 50.6 Å². The van der Waals surface area contributed by atoms with Crippen molar-refractivity contribution in [3.8, 4) is 0 Å². The number of hydrogen-bond donors (Lipinski definition) is 2. The molecule has 4 rings (SSSR count). The molecule has 0 unspecified atom stereocenters. The smallest absolute Gasteiger partial charge is 0.291 e. The van der Waals surface area contributed by atoms with E-state index in [1.165, 1.54) is 18.2 Å². The second kappa shape index (κ2) is 8.73. The lowest BCUT2D eigenvalue weighted by molar-refractivity contribution is 0.0949. The number of hydrogen-bond acceptors (Lipinski definition) is 4. The van der Waals surface area contributed by atoms with Gasteiger partial charge < -0.3 is 9.73 Å². The van der Waals surface area contributed by atoms with E-state index in [1.807, 2.05) is 0 Å². The Balaban J connectivity index is 1.59. The number of furan rings is 1. The Hall–Kier alpha value is -3.45. The highest BCUT2D eigenvalue weighted by molar-refractivity contribution is 6.33. The number of fused-ring (bicyclic) bond motifs is 1. The lowest BCUT2D eigenvalue weighted by Gasteiger charge is -2.13. The second-order valence-electron chi connectivity index (χ2n) is 7.12. The summed E-state index contributed by atoms with van der Waals surface area (Å²) in [5, 5.41) is 7.38. The minimum absolute atomic E-state index is 0.0911. The van der Waals surface area contributed by atoms with Gasteiger partial charge in [-0.15, -0.1) is 0 Å². The summed E-state index contributed by atoms with van der Waals surface area (Å²) in [6, 6.07) is 12.6. The van der Waals surface area contributed by atoms with Crippen LogP contribution in [0.5, 0.6) is 0 Å². The van der Waals surface area contributed by atoms with Crippen LogP contribution in [0.25, 0.3) is 0 Å². The molecule has 0 saturated carbocycles. The third-order valence-corrected chi connectivity index (χ3v) is 5.39. The Morgan fingerprint density at radius 1 is 1.06 bits per heavy atom. The number of carbonyl (C=O) groups excluding carboxylic acids is 2. The third-order valence-electron chi connectivity index (χ3n) is 5.06. The van der Waals surface area contributed by atoms with E-state index in [-0.39, 0.29) is 11.3 Å². The molecule has 158 valence electrons. The Labute approximate surface area is 183 Å². The fourth-order valence-electron chi connectivity index (χ4n) is 3.56. The number of anilines is 1. The molecule has 0 fully saturated rings. The maximum absolute atomic E-state index is 13.8. The van der Waals surface area contributed by atoms with Crippen LogP contribution in [0.4, 0.5) is 10.1 Å². The van der Waals surface area contributed by atoms with Crippen LogP contribution in [-0.2, 0) is 6.42 Å². The van der Waals surface area contributed by atoms with Crippen LogP contribution in [-0.4, -0.2) is 17.5 Å². The van der Waals surface area contributed by atoms with Crippen molar-refractivity contribution in [1.82, 2.24) is 5.43 Å². The number of hydrazone groups is 1. The van der Waals surface area contributed by atoms with Gasteiger partial charge in [0.1, 0.15) is 11.6 Å². The van der Waals surface area contributed by atoms with Gasteiger partial charge in [0.2, 0.25) is 0 Å². The number of nitrogens with one attached hydrogen (secondary N) is 2. The quantitative estimate of drug-likeness (QED) is 0.554. The second-order valence-corrected chi connectivity index (χ2v) is 7.53. The highest BCUT2D eigenvalue weighted by Crippen LogP contribution is 2.31. The first kappa shape index (κ1) is 20.8. The first-order valence-electron chi connectivity index (χ1n) is 9.75. The molecular formula is C23H19ClFN3O3. The molecule has 1 aliphatic rings. The van der Waals surface area contributed by atoms with Gasteiger partial charge >= 0.3 is 0 Å². The standard InChI is InChI=1S/C23H19ClFN3O3/c1-13-20-18(27-28-22(29)14-7-2-4-9-16(14)25)11-6-12-19(20)31-21(13)23(30)26-17-10-5-3-8-15(17)24/h2-5,7-10H,6,11-12H2,1H3,(H,26,30)(H,28,29)/b27-18+. The number of benzene rings is 2. The van der Waals surface area contributed by atoms with Crippen molar-refractivity contribution in [3.63, 3.8) is 0 Å². The maximum atomic E-state index is 13.8. The van der Waals surface area contributed by atoms with Gasteiger partial charge in [0, 0.05) is 17.5 Å². The molecule has 3 aromatic rings. The number of nitrogens with zero attached hydrogens (tertiary/aromatic N) is 1. The number of carbonyl (C=O) groups is 2. The number of para-hydroxylation sites is 1. The van der Waals surface area contributed by atoms with Crippen molar-refractivity contribution >= 4 is 34.8 Å². The van der Waals surface area contributed by atoms with Crippen molar-refractivity contribution in [1.29, 1.82) is 0 Å². The van der Waals surface area contributed by atoms with E-state index in [0.29, 0.717) is 46.2 Å². The van der Waals surface area contributed by atoms with Gasteiger partial charge in [-0.05, 0) is 44.0 Å². The highest BCUT2D eigenvalue weighted by atomic mass is 35.5. The molecule has 2 amide bonds. The molecule has 31 heavy (non-hydrogen) atoms. The lowest BCUT2D eigenvalue weighted by Crippen LogP contribution is -2.23. The minimum Gasteiger partial charge on any atom is -0.455 e. The maximum Gasteiger partial charge on any atom is 0.291 e. The van der Waals surface area contributed by atoms with Crippen LogP contribution in [0.2, 0.25) is 5.02 Å². The average Bonchev–Trinajstić information content (AvgIpc) is 3.11. The van der Waals surface area contributed by atoms with Gasteiger partial charge in [-0.1, -0.05) is 35.9 Å². The van der Waals surface area contributed by atoms with E-state index in [2.05, 4.69) is 15.8 Å². The molecular weight excluding hydrogens is 421 g/mol. The van der Waals surface area contributed by atoms with Crippen molar-refractivity contribution in [2.75, 3.05) is 5.32 Å². The average molecular weight is 440 g/mol. The molecule has 6 nitrogen and oxygen atoms in total. The van der Waals surface area contributed by atoms with Gasteiger partial charge in [-0.25, -0.2) is 9.82 Å². The van der Waals surface area contributed by atoms with Gasteiger partial charge in [0.25, 0.3) is 11.8 Å². The molecule has 8 heteroatoms.